The van der Waals surface area contributed by atoms with Crippen LogP contribution in [-0.2, 0) is 28.0 Å². The van der Waals surface area contributed by atoms with E-state index < -0.39 is 6.36 Å². The van der Waals surface area contributed by atoms with Crippen LogP contribution >= 0.6 is 0 Å². The predicted molar refractivity (Wildman–Crippen MR) is 133 cm³/mol. The SMILES string of the molecule is CCOC(=O)CCc1cc(-c2ccc(C(C)(C)C)cc2)ccc1OCc1ccccc1OC(F)(F)F. The van der Waals surface area contributed by atoms with E-state index in [4.69, 9.17) is 9.47 Å². The van der Waals surface area contributed by atoms with Crippen LogP contribution in [0.1, 0.15) is 50.8 Å². The fourth-order valence-corrected chi connectivity index (χ4v) is 3.73. The molecule has 0 spiro atoms. The average Bonchev–Trinajstić information content (AvgIpc) is 2.81. The minimum atomic E-state index is -4.80. The maximum absolute atomic E-state index is 12.8. The van der Waals surface area contributed by atoms with Gasteiger partial charge in [-0.05, 0) is 59.2 Å². The van der Waals surface area contributed by atoms with Gasteiger partial charge >= 0.3 is 12.3 Å². The van der Waals surface area contributed by atoms with Crippen molar-refractivity contribution in [2.75, 3.05) is 6.61 Å². The second kappa shape index (κ2) is 11.5. The van der Waals surface area contributed by atoms with Crippen LogP contribution in [0.15, 0.2) is 66.7 Å². The van der Waals surface area contributed by atoms with Crippen LogP contribution in [0.3, 0.4) is 0 Å². The summed E-state index contributed by atoms with van der Waals surface area (Å²) in [5, 5.41) is 0. The first kappa shape index (κ1) is 27.1. The van der Waals surface area contributed by atoms with Crippen LogP contribution in [-0.4, -0.2) is 18.9 Å². The van der Waals surface area contributed by atoms with Gasteiger partial charge in [0.25, 0.3) is 0 Å². The lowest BCUT2D eigenvalue weighted by molar-refractivity contribution is -0.275. The molecule has 0 heterocycles. The number of ether oxygens (including phenoxy) is 3. The molecule has 0 aliphatic rings. The van der Waals surface area contributed by atoms with Gasteiger partial charge in [-0.15, -0.1) is 13.2 Å². The number of para-hydroxylation sites is 1. The highest BCUT2D eigenvalue weighted by atomic mass is 19.4. The van der Waals surface area contributed by atoms with E-state index in [0.717, 1.165) is 16.7 Å². The summed E-state index contributed by atoms with van der Waals surface area (Å²) in [5.41, 5.74) is 4.22. The zero-order chi connectivity index (χ0) is 26.3. The quantitative estimate of drug-likeness (QED) is 0.284. The number of halogens is 3. The van der Waals surface area contributed by atoms with Crippen molar-refractivity contribution in [2.45, 2.75) is 58.9 Å². The van der Waals surface area contributed by atoms with Gasteiger partial charge in [0, 0.05) is 12.0 Å². The fraction of sp³-hybridized carbons (Fsp3) is 0.345. The number of carbonyl (C=O) groups excluding carboxylic acids is 1. The van der Waals surface area contributed by atoms with Crippen LogP contribution in [0.25, 0.3) is 11.1 Å². The fourth-order valence-electron chi connectivity index (χ4n) is 3.73. The monoisotopic (exact) mass is 500 g/mol. The number of esters is 1. The van der Waals surface area contributed by atoms with Gasteiger partial charge in [-0.25, -0.2) is 0 Å². The molecule has 4 nitrogen and oxygen atoms in total. The molecular formula is C29H31F3O4. The molecule has 192 valence electrons. The number of carbonyl (C=O) groups is 1. The Hall–Kier alpha value is -3.48. The molecule has 0 aliphatic carbocycles. The molecule has 7 heteroatoms. The Kier molecular flexibility index (Phi) is 8.66. The summed E-state index contributed by atoms with van der Waals surface area (Å²) in [6, 6.07) is 19.8. The van der Waals surface area contributed by atoms with E-state index in [9.17, 15) is 18.0 Å². The Morgan fingerprint density at radius 3 is 2.14 bits per heavy atom. The van der Waals surface area contributed by atoms with Crippen molar-refractivity contribution in [3.8, 4) is 22.6 Å². The van der Waals surface area contributed by atoms with Gasteiger partial charge in [0.05, 0.1) is 6.61 Å². The van der Waals surface area contributed by atoms with Crippen molar-refractivity contribution in [3.63, 3.8) is 0 Å². The Morgan fingerprint density at radius 2 is 1.50 bits per heavy atom. The van der Waals surface area contributed by atoms with Gasteiger partial charge in [-0.3, -0.25) is 4.79 Å². The zero-order valence-electron chi connectivity index (χ0n) is 20.9. The Morgan fingerprint density at radius 1 is 0.833 bits per heavy atom. The molecule has 3 rings (SSSR count). The van der Waals surface area contributed by atoms with E-state index in [0.29, 0.717) is 18.8 Å². The molecule has 0 amide bonds. The van der Waals surface area contributed by atoms with Gasteiger partial charge in [0.2, 0.25) is 0 Å². The van der Waals surface area contributed by atoms with Crippen molar-refractivity contribution >= 4 is 5.97 Å². The Balaban J connectivity index is 1.86. The van der Waals surface area contributed by atoms with Crippen LogP contribution < -0.4 is 9.47 Å². The van der Waals surface area contributed by atoms with Gasteiger partial charge in [0.1, 0.15) is 18.1 Å². The first-order valence-electron chi connectivity index (χ1n) is 11.8. The van der Waals surface area contributed by atoms with Gasteiger partial charge < -0.3 is 14.2 Å². The zero-order valence-corrected chi connectivity index (χ0v) is 20.9. The third-order valence-corrected chi connectivity index (χ3v) is 5.63. The summed E-state index contributed by atoms with van der Waals surface area (Å²) in [6.45, 7) is 8.37. The molecule has 3 aromatic rings. The van der Waals surface area contributed by atoms with Crippen LogP contribution in [0.5, 0.6) is 11.5 Å². The molecule has 0 N–H and O–H groups in total. The molecule has 0 saturated heterocycles. The third-order valence-electron chi connectivity index (χ3n) is 5.63. The number of alkyl halides is 3. The molecule has 3 aromatic carbocycles. The second-order valence-electron chi connectivity index (χ2n) is 9.40. The number of benzene rings is 3. The van der Waals surface area contributed by atoms with E-state index in [1.165, 1.54) is 23.8 Å². The molecule has 0 atom stereocenters. The van der Waals surface area contributed by atoms with Crippen LogP contribution in [0, 0.1) is 0 Å². The Labute approximate surface area is 210 Å². The summed E-state index contributed by atoms with van der Waals surface area (Å²) >= 11 is 0. The van der Waals surface area contributed by atoms with Crippen LogP contribution in [0.4, 0.5) is 13.2 Å². The van der Waals surface area contributed by atoms with E-state index in [-0.39, 0.29) is 35.7 Å². The lowest BCUT2D eigenvalue weighted by Gasteiger charge is -2.19. The lowest BCUT2D eigenvalue weighted by Crippen LogP contribution is -2.18. The smallest absolute Gasteiger partial charge is 0.488 e. The van der Waals surface area contributed by atoms with E-state index in [2.05, 4.69) is 49.8 Å². The summed E-state index contributed by atoms with van der Waals surface area (Å²) in [4.78, 5) is 12.0. The predicted octanol–water partition coefficient (Wildman–Crippen LogP) is 7.62. The van der Waals surface area contributed by atoms with Crippen molar-refractivity contribution in [3.05, 3.63) is 83.4 Å². The molecular weight excluding hydrogens is 469 g/mol. The molecule has 0 aromatic heterocycles. The van der Waals surface area contributed by atoms with Crippen molar-refractivity contribution in [2.24, 2.45) is 0 Å². The number of aryl methyl sites for hydroxylation is 1. The maximum atomic E-state index is 12.8. The summed E-state index contributed by atoms with van der Waals surface area (Å²) < 4.78 is 53.4. The standard InChI is InChI=1S/C29H31F3O4/c1-5-34-27(33)17-13-22-18-21(20-10-14-24(15-11-20)28(2,3)4)12-16-25(22)35-19-23-8-6-7-9-26(23)36-29(30,31)32/h6-12,14-16,18H,5,13,17,19H2,1-4H3. The molecule has 0 saturated carbocycles. The Bertz CT molecular complexity index is 1160. The number of hydrogen-bond donors (Lipinski definition) is 0. The van der Waals surface area contributed by atoms with E-state index in [1.54, 1.807) is 19.1 Å². The lowest BCUT2D eigenvalue weighted by atomic mass is 9.86. The molecule has 0 bridgehead atoms. The highest BCUT2D eigenvalue weighted by Gasteiger charge is 2.32. The second-order valence-corrected chi connectivity index (χ2v) is 9.40. The first-order chi connectivity index (χ1) is 17.0. The van der Waals surface area contributed by atoms with Crippen molar-refractivity contribution in [1.82, 2.24) is 0 Å². The van der Waals surface area contributed by atoms with Gasteiger partial charge in [-0.1, -0.05) is 69.3 Å². The van der Waals surface area contributed by atoms with E-state index in [1.807, 2.05) is 12.1 Å². The normalized spacial score (nSPS) is 11.8. The average molecular weight is 501 g/mol. The largest absolute Gasteiger partial charge is 0.573 e. The molecule has 36 heavy (non-hydrogen) atoms. The number of rotatable bonds is 9. The molecule has 0 aliphatic heterocycles. The minimum Gasteiger partial charge on any atom is -0.488 e. The molecule has 0 radical (unpaired) electrons. The molecule has 0 unspecified atom stereocenters. The topological polar surface area (TPSA) is 44.8 Å². The number of hydrogen-bond acceptors (Lipinski definition) is 4. The van der Waals surface area contributed by atoms with Gasteiger partial charge in [-0.2, -0.15) is 0 Å². The summed E-state index contributed by atoms with van der Waals surface area (Å²) in [5.74, 6) is -0.155. The van der Waals surface area contributed by atoms with Crippen molar-refractivity contribution in [1.29, 1.82) is 0 Å². The summed E-state index contributed by atoms with van der Waals surface area (Å²) in [6.07, 6.45) is -4.28. The first-order valence-corrected chi connectivity index (χ1v) is 11.8. The van der Waals surface area contributed by atoms with E-state index >= 15 is 0 Å². The highest BCUT2D eigenvalue weighted by Crippen LogP contribution is 2.32. The highest BCUT2D eigenvalue weighted by molar-refractivity contribution is 5.71. The van der Waals surface area contributed by atoms with Crippen molar-refractivity contribution < 1.29 is 32.2 Å². The van der Waals surface area contributed by atoms with Gasteiger partial charge in [0.15, 0.2) is 0 Å². The minimum absolute atomic E-state index is 0.0349. The maximum Gasteiger partial charge on any atom is 0.573 e. The molecule has 0 fully saturated rings. The summed E-state index contributed by atoms with van der Waals surface area (Å²) in [7, 11) is 0. The van der Waals surface area contributed by atoms with Crippen LogP contribution in [0.2, 0.25) is 0 Å². The third kappa shape index (κ3) is 7.77.